The van der Waals surface area contributed by atoms with Gasteiger partial charge < -0.3 is 9.64 Å². The smallest absolute Gasteiger partial charge is 0.226 e. The number of benzene rings is 1. The van der Waals surface area contributed by atoms with E-state index in [1.165, 1.54) is 19.3 Å². The molecule has 1 amide bonds. The van der Waals surface area contributed by atoms with Gasteiger partial charge in [-0.15, -0.1) is 0 Å². The van der Waals surface area contributed by atoms with E-state index in [2.05, 4.69) is 17.0 Å². The summed E-state index contributed by atoms with van der Waals surface area (Å²) < 4.78 is 5.31. The van der Waals surface area contributed by atoms with Gasteiger partial charge in [-0.2, -0.15) is 0 Å². The van der Waals surface area contributed by atoms with Crippen molar-refractivity contribution in [1.82, 2.24) is 9.88 Å². The molecule has 4 rings (SSSR count). The van der Waals surface area contributed by atoms with Crippen molar-refractivity contribution in [3.63, 3.8) is 0 Å². The number of hydrogen-bond acceptors (Lipinski definition) is 3. The first-order chi connectivity index (χ1) is 13.3. The van der Waals surface area contributed by atoms with E-state index < -0.39 is 0 Å². The Bertz CT molecular complexity index is 781. The van der Waals surface area contributed by atoms with E-state index in [9.17, 15) is 4.79 Å². The highest BCUT2D eigenvalue weighted by molar-refractivity contribution is 5.79. The molecule has 27 heavy (non-hydrogen) atoms. The minimum Gasteiger partial charge on any atom is -0.497 e. The van der Waals surface area contributed by atoms with Gasteiger partial charge in [-0.3, -0.25) is 9.78 Å². The molecule has 2 aliphatic rings. The van der Waals surface area contributed by atoms with Crippen molar-refractivity contribution in [1.29, 1.82) is 0 Å². The second-order valence-corrected chi connectivity index (χ2v) is 7.73. The summed E-state index contributed by atoms with van der Waals surface area (Å²) in [5, 5.41) is 0. The van der Waals surface area contributed by atoms with Crippen LogP contribution in [-0.4, -0.2) is 29.4 Å². The molecule has 1 aromatic carbocycles. The first-order valence-corrected chi connectivity index (χ1v) is 10.2. The molecule has 4 nitrogen and oxygen atoms in total. The number of carbonyl (C=O) groups is 1. The average Bonchev–Trinajstić information content (AvgIpc) is 3.28. The van der Waals surface area contributed by atoms with Crippen LogP contribution in [0.15, 0.2) is 42.6 Å². The predicted octanol–water partition coefficient (Wildman–Crippen LogP) is 5.00. The minimum atomic E-state index is 0.179. The summed E-state index contributed by atoms with van der Waals surface area (Å²) in [5.41, 5.74) is 3.14. The van der Waals surface area contributed by atoms with Gasteiger partial charge in [-0.05, 0) is 55.9 Å². The Morgan fingerprint density at radius 3 is 2.63 bits per heavy atom. The Morgan fingerprint density at radius 2 is 1.89 bits per heavy atom. The number of methoxy groups -OCH3 is 1. The van der Waals surface area contributed by atoms with Gasteiger partial charge in [0.1, 0.15) is 5.75 Å². The summed E-state index contributed by atoms with van der Waals surface area (Å²) in [4.78, 5) is 19.9. The van der Waals surface area contributed by atoms with Gasteiger partial charge in [0.05, 0.1) is 18.8 Å². The molecule has 142 valence electrons. The lowest BCUT2D eigenvalue weighted by Gasteiger charge is -2.37. The number of ether oxygens (including phenoxy) is 1. The lowest BCUT2D eigenvalue weighted by Crippen LogP contribution is -2.41. The molecular formula is C23H28N2O2. The van der Waals surface area contributed by atoms with E-state index in [1.54, 1.807) is 7.11 Å². The number of rotatable bonds is 4. The highest BCUT2D eigenvalue weighted by Gasteiger charge is 2.33. The quantitative estimate of drug-likeness (QED) is 0.766. The van der Waals surface area contributed by atoms with Crippen molar-refractivity contribution in [2.24, 2.45) is 5.92 Å². The molecule has 4 heteroatoms. The lowest BCUT2D eigenvalue weighted by atomic mass is 9.93. The molecular weight excluding hydrogens is 336 g/mol. The molecule has 0 spiro atoms. The fraction of sp³-hybridized carbons (Fsp3) is 0.478. The van der Waals surface area contributed by atoms with Crippen LogP contribution in [0, 0.1) is 5.92 Å². The van der Waals surface area contributed by atoms with Crippen LogP contribution in [0.3, 0.4) is 0 Å². The van der Waals surface area contributed by atoms with Gasteiger partial charge in [-0.25, -0.2) is 0 Å². The van der Waals surface area contributed by atoms with Crippen LogP contribution in [0.25, 0.3) is 11.3 Å². The summed E-state index contributed by atoms with van der Waals surface area (Å²) in [7, 11) is 1.68. The van der Waals surface area contributed by atoms with Crippen LogP contribution in [-0.2, 0) is 4.79 Å². The Balaban J connectivity index is 1.54. The zero-order valence-electron chi connectivity index (χ0n) is 16.1. The van der Waals surface area contributed by atoms with E-state index in [4.69, 9.17) is 9.72 Å². The zero-order valence-corrected chi connectivity index (χ0v) is 16.1. The summed E-state index contributed by atoms with van der Waals surface area (Å²) in [6, 6.07) is 12.3. The van der Waals surface area contributed by atoms with Gasteiger partial charge in [0.25, 0.3) is 0 Å². The molecule has 2 heterocycles. The average molecular weight is 364 g/mol. The summed E-state index contributed by atoms with van der Waals surface area (Å²) >= 11 is 0. The summed E-state index contributed by atoms with van der Waals surface area (Å²) in [6.07, 6.45) is 9.82. The molecule has 0 N–H and O–H groups in total. The third kappa shape index (κ3) is 3.85. The van der Waals surface area contributed by atoms with Gasteiger partial charge in [0.2, 0.25) is 5.91 Å². The number of aromatic nitrogens is 1. The monoisotopic (exact) mass is 364 g/mol. The fourth-order valence-corrected chi connectivity index (χ4v) is 4.50. The van der Waals surface area contributed by atoms with E-state index in [1.807, 2.05) is 30.5 Å². The highest BCUT2D eigenvalue weighted by atomic mass is 16.5. The van der Waals surface area contributed by atoms with Crippen molar-refractivity contribution in [2.75, 3.05) is 13.7 Å². The molecule has 0 bridgehead atoms. The van der Waals surface area contributed by atoms with Crippen molar-refractivity contribution in [2.45, 2.75) is 51.0 Å². The number of hydrogen-bond donors (Lipinski definition) is 0. The maximum Gasteiger partial charge on any atom is 0.226 e. The molecule has 1 unspecified atom stereocenters. The highest BCUT2D eigenvalue weighted by Crippen LogP contribution is 2.35. The van der Waals surface area contributed by atoms with Gasteiger partial charge >= 0.3 is 0 Å². The number of piperidine rings is 1. The van der Waals surface area contributed by atoms with Crippen LogP contribution < -0.4 is 4.74 Å². The standard InChI is InChI=1S/C23H28N2O2/c1-27-20-10-6-9-18(15-20)21-13-12-19(16-24-21)22-11-4-5-14-25(22)23(26)17-7-2-3-8-17/h6,9-10,12-13,15-17,22H,2-5,7-8,11,14H2,1H3. The van der Waals surface area contributed by atoms with Crippen LogP contribution in [0.5, 0.6) is 5.75 Å². The number of pyridine rings is 1. The lowest BCUT2D eigenvalue weighted by molar-refractivity contribution is -0.139. The molecule has 1 atom stereocenters. The molecule has 1 aromatic heterocycles. The van der Waals surface area contributed by atoms with Gasteiger partial charge in [0, 0.05) is 24.2 Å². The molecule has 2 fully saturated rings. The normalized spacial score (nSPS) is 20.6. The Morgan fingerprint density at radius 1 is 1.07 bits per heavy atom. The maximum atomic E-state index is 13.0. The summed E-state index contributed by atoms with van der Waals surface area (Å²) in [6.45, 7) is 0.887. The zero-order chi connectivity index (χ0) is 18.6. The van der Waals surface area contributed by atoms with E-state index in [-0.39, 0.29) is 12.0 Å². The first kappa shape index (κ1) is 18.0. The molecule has 0 radical (unpaired) electrons. The van der Waals surface area contributed by atoms with Crippen LogP contribution in [0.4, 0.5) is 0 Å². The third-order valence-electron chi connectivity index (χ3n) is 6.03. The van der Waals surface area contributed by atoms with Crippen molar-refractivity contribution >= 4 is 5.91 Å². The number of likely N-dealkylation sites (tertiary alicyclic amines) is 1. The second kappa shape index (κ2) is 8.12. The Labute approximate surface area is 161 Å². The predicted molar refractivity (Wildman–Crippen MR) is 106 cm³/mol. The maximum absolute atomic E-state index is 13.0. The third-order valence-corrected chi connectivity index (χ3v) is 6.03. The topological polar surface area (TPSA) is 42.4 Å². The number of amides is 1. The first-order valence-electron chi connectivity index (χ1n) is 10.2. The Hall–Kier alpha value is -2.36. The molecule has 1 aliphatic carbocycles. The van der Waals surface area contributed by atoms with Gasteiger partial charge in [-0.1, -0.05) is 31.0 Å². The van der Waals surface area contributed by atoms with Crippen molar-refractivity contribution in [3.05, 3.63) is 48.2 Å². The van der Waals surface area contributed by atoms with Crippen LogP contribution in [0.1, 0.15) is 56.6 Å². The number of carbonyl (C=O) groups excluding carboxylic acids is 1. The largest absolute Gasteiger partial charge is 0.497 e. The number of nitrogens with zero attached hydrogens (tertiary/aromatic N) is 2. The molecule has 1 saturated heterocycles. The SMILES string of the molecule is COc1cccc(-c2ccc(C3CCCCN3C(=O)C3CCCC3)cn2)c1. The summed E-state index contributed by atoms with van der Waals surface area (Å²) in [5.74, 6) is 1.45. The molecule has 2 aromatic rings. The van der Waals surface area contributed by atoms with E-state index in [0.29, 0.717) is 5.91 Å². The Kier molecular flexibility index (Phi) is 5.42. The second-order valence-electron chi connectivity index (χ2n) is 7.73. The van der Waals surface area contributed by atoms with Crippen molar-refractivity contribution < 1.29 is 9.53 Å². The van der Waals surface area contributed by atoms with Gasteiger partial charge in [0.15, 0.2) is 0 Å². The minimum absolute atomic E-state index is 0.179. The van der Waals surface area contributed by atoms with Crippen LogP contribution >= 0.6 is 0 Å². The fourth-order valence-electron chi connectivity index (χ4n) is 4.50. The van der Waals surface area contributed by atoms with E-state index >= 15 is 0 Å². The molecule has 1 aliphatic heterocycles. The van der Waals surface area contributed by atoms with E-state index in [0.717, 1.165) is 54.8 Å². The van der Waals surface area contributed by atoms with Crippen molar-refractivity contribution in [3.8, 4) is 17.0 Å². The van der Waals surface area contributed by atoms with Crippen LogP contribution in [0.2, 0.25) is 0 Å². The molecule has 1 saturated carbocycles.